The Morgan fingerprint density at radius 2 is 1.95 bits per heavy atom. The number of rotatable bonds is 6. The lowest BCUT2D eigenvalue weighted by Gasteiger charge is -2.23. The number of carbonyl (C=O) groups is 2. The first-order chi connectivity index (χ1) is 10.0. The lowest BCUT2D eigenvalue weighted by molar-refractivity contribution is -0.133. The molecule has 5 nitrogen and oxygen atoms in total. The quantitative estimate of drug-likeness (QED) is 0.808. The molecule has 0 saturated heterocycles. The number of hydrogen-bond acceptors (Lipinski definition) is 3. The van der Waals surface area contributed by atoms with E-state index in [1.54, 1.807) is 17.0 Å². The third-order valence-electron chi connectivity index (χ3n) is 3.27. The van der Waals surface area contributed by atoms with Gasteiger partial charge in [0.1, 0.15) is 0 Å². The fourth-order valence-electron chi connectivity index (χ4n) is 1.99. The fourth-order valence-corrected chi connectivity index (χ4v) is 2.31. The van der Waals surface area contributed by atoms with E-state index < -0.39 is 0 Å². The van der Waals surface area contributed by atoms with Gasteiger partial charge in [-0.05, 0) is 30.5 Å². The van der Waals surface area contributed by atoms with Crippen molar-refractivity contribution in [2.75, 3.05) is 13.1 Å². The van der Waals surface area contributed by atoms with E-state index in [0.717, 1.165) is 18.4 Å². The van der Waals surface area contributed by atoms with Crippen LogP contribution in [-0.4, -0.2) is 35.8 Å². The van der Waals surface area contributed by atoms with Crippen LogP contribution >= 0.6 is 35.6 Å². The average molecular weight is 367 g/mol. The van der Waals surface area contributed by atoms with Gasteiger partial charge in [0.25, 0.3) is 0 Å². The van der Waals surface area contributed by atoms with Crippen molar-refractivity contribution in [1.29, 1.82) is 0 Å². The molecule has 1 fully saturated rings. The zero-order chi connectivity index (χ0) is 15.4. The lowest BCUT2D eigenvalue weighted by atomic mass is 10.2. The van der Waals surface area contributed by atoms with Crippen LogP contribution in [-0.2, 0) is 16.1 Å². The predicted molar refractivity (Wildman–Crippen MR) is 89.3 cm³/mol. The molecule has 0 aromatic heterocycles. The van der Waals surface area contributed by atoms with Crippen LogP contribution in [0.25, 0.3) is 0 Å². The zero-order valence-electron chi connectivity index (χ0n) is 11.9. The third-order valence-corrected chi connectivity index (χ3v) is 4.01. The molecule has 1 saturated carbocycles. The summed E-state index contributed by atoms with van der Waals surface area (Å²) >= 11 is 11.9. The SMILES string of the molecule is Cl.NCC(=O)NCC(=O)N(Cc1ccc(Cl)c(Cl)c1)C1CC1. The van der Waals surface area contributed by atoms with Gasteiger partial charge in [-0.25, -0.2) is 0 Å². The second-order valence-electron chi connectivity index (χ2n) is 4.98. The Balaban J connectivity index is 0.00000242. The summed E-state index contributed by atoms with van der Waals surface area (Å²) in [6.07, 6.45) is 1.97. The first kappa shape index (κ1) is 19.0. The first-order valence-corrected chi connectivity index (χ1v) is 7.47. The van der Waals surface area contributed by atoms with Gasteiger partial charge in [-0.2, -0.15) is 0 Å². The van der Waals surface area contributed by atoms with Crippen LogP contribution in [0, 0.1) is 0 Å². The minimum absolute atomic E-state index is 0. The Bertz CT molecular complexity index is 550. The van der Waals surface area contributed by atoms with Gasteiger partial charge in [-0.3, -0.25) is 9.59 Å². The van der Waals surface area contributed by atoms with E-state index >= 15 is 0 Å². The molecule has 0 heterocycles. The molecule has 0 atom stereocenters. The highest BCUT2D eigenvalue weighted by molar-refractivity contribution is 6.42. The van der Waals surface area contributed by atoms with Crippen LogP contribution in [0.3, 0.4) is 0 Å². The summed E-state index contributed by atoms with van der Waals surface area (Å²) in [7, 11) is 0. The molecule has 1 aliphatic carbocycles. The van der Waals surface area contributed by atoms with Crippen molar-refractivity contribution in [1.82, 2.24) is 10.2 Å². The molecule has 122 valence electrons. The van der Waals surface area contributed by atoms with Gasteiger partial charge in [-0.15, -0.1) is 12.4 Å². The van der Waals surface area contributed by atoms with Crippen LogP contribution in [0.4, 0.5) is 0 Å². The Labute approximate surface area is 145 Å². The van der Waals surface area contributed by atoms with E-state index in [1.165, 1.54) is 0 Å². The number of benzene rings is 1. The van der Waals surface area contributed by atoms with Gasteiger partial charge in [-0.1, -0.05) is 29.3 Å². The maximum Gasteiger partial charge on any atom is 0.242 e. The second kappa shape index (κ2) is 8.58. The minimum Gasteiger partial charge on any atom is -0.346 e. The number of halogens is 3. The molecule has 3 N–H and O–H groups in total. The van der Waals surface area contributed by atoms with Gasteiger partial charge < -0.3 is 16.0 Å². The molecule has 2 rings (SSSR count). The van der Waals surface area contributed by atoms with Crippen LogP contribution < -0.4 is 11.1 Å². The van der Waals surface area contributed by atoms with Gasteiger partial charge in [0.15, 0.2) is 0 Å². The summed E-state index contributed by atoms with van der Waals surface area (Å²) < 4.78 is 0. The molecule has 1 aromatic carbocycles. The summed E-state index contributed by atoms with van der Waals surface area (Å²) in [4.78, 5) is 25.1. The molecule has 22 heavy (non-hydrogen) atoms. The number of amides is 2. The Hall–Kier alpha value is -1.01. The average Bonchev–Trinajstić information content (AvgIpc) is 3.30. The summed E-state index contributed by atoms with van der Waals surface area (Å²) in [5, 5.41) is 3.45. The van der Waals surface area contributed by atoms with Gasteiger partial charge >= 0.3 is 0 Å². The molecule has 8 heteroatoms. The summed E-state index contributed by atoms with van der Waals surface area (Å²) in [6.45, 7) is 0.302. The monoisotopic (exact) mass is 365 g/mol. The van der Waals surface area contributed by atoms with Crippen molar-refractivity contribution in [2.45, 2.75) is 25.4 Å². The molecule has 2 amide bonds. The Morgan fingerprint density at radius 3 is 2.50 bits per heavy atom. The highest BCUT2D eigenvalue weighted by Gasteiger charge is 2.32. The van der Waals surface area contributed by atoms with Gasteiger partial charge in [0, 0.05) is 12.6 Å². The van der Waals surface area contributed by atoms with Crippen molar-refractivity contribution in [2.24, 2.45) is 5.73 Å². The molecule has 1 aromatic rings. The fraction of sp³-hybridized carbons (Fsp3) is 0.429. The van der Waals surface area contributed by atoms with E-state index in [0.29, 0.717) is 16.6 Å². The molecular formula is C14H18Cl3N3O2. The first-order valence-electron chi connectivity index (χ1n) is 6.71. The molecule has 0 aliphatic heterocycles. The molecular weight excluding hydrogens is 349 g/mol. The van der Waals surface area contributed by atoms with Crippen molar-refractivity contribution >= 4 is 47.4 Å². The topological polar surface area (TPSA) is 75.4 Å². The van der Waals surface area contributed by atoms with Gasteiger partial charge in [0.2, 0.25) is 11.8 Å². The molecule has 1 aliphatic rings. The largest absolute Gasteiger partial charge is 0.346 e. The third kappa shape index (κ3) is 5.32. The number of nitrogens with one attached hydrogen (secondary N) is 1. The Morgan fingerprint density at radius 1 is 1.27 bits per heavy atom. The number of nitrogens with zero attached hydrogens (tertiary/aromatic N) is 1. The maximum absolute atomic E-state index is 12.2. The number of hydrogen-bond donors (Lipinski definition) is 2. The van der Waals surface area contributed by atoms with E-state index in [2.05, 4.69) is 5.32 Å². The minimum atomic E-state index is -0.339. The van der Waals surface area contributed by atoms with E-state index in [1.807, 2.05) is 6.07 Å². The van der Waals surface area contributed by atoms with Crippen LogP contribution in [0.15, 0.2) is 18.2 Å². The summed E-state index contributed by atoms with van der Waals surface area (Å²) in [5.41, 5.74) is 6.11. The second-order valence-corrected chi connectivity index (χ2v) is 5.80. The summed E-state index contributed by atoms with van der Waals surface area (Å²) in [6, 6.07) is 5.55. The maximum atomic E-state index is 12.2. The van der Waals surface area contributed by atoms with Crippen LogP contribution in [0.1, 0.15) is 18.4 Å². The highest BCUT2D eigenvalue weighted by atomic mass is 35.5. The van der Waals surface area contributed by atoms with Crippen LogP contribution in [0.5, 0.6) is 0 Å². The molecule has 0 spiro atoms. The van der Waals surface area contributed by atoms with Crippen LogP contribution in [0.2, 0.25) is 10.0 Å². The molecule has 0 bridgehead atoms. The smallest absolute Gasteiger partial charge is 0.242 e. The molecule has 0 unspecified atom stereocenters. The highest BCUT2D eigenvalue weighted by Crippen LogP contribution is 2.30. The number of carbonyl (C=O) groups excluding carboxylic acids is 2. The summed E-state index contributed by atoms with van der Waals surface area (Å²) in [5.74, 6) is -0.459. The van der Waals surface area contributed by atoms with Crippen molar-refractivity contribution < 1.29 is 9.59 Å². The number of nitrogens with two attached hydrogens (primary N) is 1. The van der Waals surface area contributed by atoms with E-state index in [9.17, 15) is 9.59 Å². The predicted octanol–water partition coefficient (Wildman–Crippen LogP) is 1.98. The molecule has 0 radical (unpaired) electrons. The van der Waals surface area contributed by atoms with Crippen molar-refractivity contribution in [3.05, 3.63) is 33.8 Å². The normalized spacial score (nSPS) is 13.2. The van der Waals surface area contributed by atoms with Crippen molar-refractivity contribution in [3.63, 3.8) is 0 Å². The van der Waals surface area contributed by atoms with Gasteiger partial charge in [0.05, 0.1) is 23.1 Å². The van der Waals surface area contributed by atoms with E-state index in [4.69, 9.17) is 28.9 Å². The van der Waals surface area contributed by atoms with Crippen molar-refractivity contribution in [3.8, 4) is 0 Å². The van der Waals surface area contributed by atoms with E-state index in [-0.39, 0.29) is 43.4 Å². The lowest BCUT2D eigenvalue weighted by Crippen LogP contribution is -2.42. The standard InChI is InChI=1S/C14H17Cl2N3O2.ClH/c15-11-4-1-9(5-12(11)16)8-19(10-2-3-10)14(21)7-18-13(20)6-17;/h1,4-5,10H,2-3,6-8,17H2,(H,18,20);1H. The Kier molecular flexibility index (Phi) is 7.42. The zero-order valence-corrected chi connectivity index (χ0v) is 14.2.